The summed E-state index contributed by atoms with van der Waals surface area (Å²) in [4.78, 5) is 10.5. The normalized spacial score (nSPS) is 11.8. The average molecular weight is 163 g/mol. The summed E-state index contributed by atoms with van der Waals surface area (Å²) >= 11 is 0. The van der Waals surface area contributed by atoms with Crippen LogP contribution < -0.4 is 5.73 Å². The molecule has 0 bridgehead atoms. The molecule has 0 heterocycles. The van der Waals surface area contributed by atoms with E-state index in [-0.39, 0.29) is 0 Å². The minimum absolute atomic E-state index is 0.306. The van der Waals surface area contributed by atoms with Gasteiger partial charge < -0.3 is 5.73 Å². The number of carbonyl (C=O) groups is 1. The van der Waals surface area contributed by atoms with E-state index >= 15 is 0 Å². The molecule has 0 aromatic heterocycles. The maximum absolute atomic E-state index is 10.5. The third-order valence-electron chi connectivity index (χ3n) is 1.14. The molecular weight excluding hydrogens is 150 g/mol. The molecule has 0 aliphatic heterocycles. The van der Waals surface area contributed by atoms with Crippen LogP contribution in [0.1, 0.15) is 6.92 Å². The molecule has 0 atom stereocenters. The molecule has 12 heavy (non-hydrogen) atoms. The fourth-order valence-corrected chi connectivity index (χ4v) is 0.493. The lowest BCUT2D eigenvalue weighted by Gasteiger charge is -1.87. The third-order valence-corrected chi connectivity index (χ3v) is 1.14. The summed E-state index contributed by atoms with van der Waals surface area (Å²) in [5, 5.41) is 0. The topological polar surface area (TPSA) is 43.1 Å². The summed E-state index contributed by atoms with van der Waals surface area (Å²) < 4.78 is 0. The molecule has 1 amide bonds. The van der Waals surface area contributed by atoms with Gasteiger partial charge in [0.1, 0.15) is 0 Å². The number of hydrogen-bond acceptors (Lipinski definition) is 1. The van der Waals surface area contributed by atoms with Crippen LogP contribution in [0.15, 0.2) is 48.6 Å². The number of rotatable bonds is 4. The van der Waals surface area contributed by atoms with E-state index in [1.807, 2.05) is 25.2 Å². The fraction of sp³-hybridized carbons (Fsp3) is 0.100. The van der Waals surface area contributed by atoms with E-state index in [2.05, 4.69) is 6.58 Å². The molecule has 0 rings (SSSR count). The van der Waals surface area contributed by atoms with E-state index in [9.17, 15) is 4.79 Å². The molecule has 2 nitrogen and oxygen atoms in total. The lowest BCUT2D eigenvalue weighted by Crippen LogP contribution is -2.11. The summed E-state index contributed by atoms with van der Waals surface area (Å²) in [7, 11) is 0. The number of nitrogens with two attached hydrogens (primary N) is 1. The van der Waals surface area contributed by atoms with Crippen LogP contribution in [-0.2, 0) is 4.79 Å². The van der Waals surface area contributed by atoms with Gasteiger partial charge in [-0.3, -0.25) is 4.79 Å². The summed E-state index contributed by atoms with van der Waals surface area (Å²) in [6.07, 6.45) is 10.7. The minimum atomic E-state index is -0.495. The molecule has 0 aliphatic carbocycles. The van der Waals surface area contributed by atoms with Gasteiger partial charge in [0, 0.05) is 5.57 Å². The molecule has 0 spiro atoms. The second-order valence-corrected chi connectivity index (χ2v) is 2.16. The first-order valence-electron chi connectivity index (χ1n) is 3.63. The van der Waals surface area contributed by atoms with Crippen LogP contribution in [-0.4, -0.2) is 5.91 Å². The van der Waals surface area contributed by atoms with Crippen molar-refractivity contribution in [2.75, 3.05) is 0 Å². The van der Waals surface area contributed by atoms with Gasteiger partial charge in [-0.05, 0) is 6.92 Å². The second kappa shape index (κ2) is 6.16. The summed E-state index contributed by atoms with van der Waals surface area (Å²) in [5.74, 6) is -0.495. The van der Waals surface area contributed by atoms with Gasteiger partial charge in [0.2, 0.25) is 5.91 Å². The van der Waals surface area contributed by atoms with Crippen molar-refractivity contribution in [1.29, 1.82) is 0 Å². The van der Waals surface area contributed by atoms with Crippen molar-refractivity contribution in [1.82, 2.24) is 0 Å². The molecule has 0 fully saturated rings. The Morgan fingerprint density at radius 2 is 1.83 bits per heavy atom. The zero-order chi connectivity index (χ0) is 9.40. The molecule has 2 N–H and O–H groups in total. The van der Waals surface area contributed by atoms with E-state index in [0.717, 1.165) is 0 Å². The van der Waals surface area contributed by atoms with E-state index in [1.165, 1.54) is 0 Å². The smallest absolute Gasteiger partial charge is 0.248 e. The van der Waals surface area contributed by atoms with Gasteiger partial charge in [-0.25, -0.2) is 0 Å². The molecule has 0 radical (unpaired) electrons. The molecule has 0 aliphatic rings. The highest BCUT2D eigenvalue weighted by molar-refractivity contribution is 5.94. The number of allylic oxidation sites excluding steroid dienone is 5. The second-order valence-electron chi connectivity index (χ2n) is 2.16. The van der Waals surface area contributed by atoms with Gasteiger partial charge in [0.15, 0.2) is 0 Å². The Kier molecular flexibility index (Phi) is 5.35. The number of hydrogen-bond donors (Lipinski definition) is 1. The van der Waals surface area contributed by atoms with Crippen molar-refractivity contribution in [3.05, 3.63) is 48.6 Å². The van der Waals surface area contributed by atoms with E-state index in [1.54, 1.807) is 18.2 Å². The Bertz CT molecular complexity index is 247. The quantitative estimate of drug-likeness (QED) is 0.497. The van der Waals surface area contributed by atoms with Crippen molar-refractivity contribution >= 4 is 5.91 Å². The Hall–Kier alpha value is -1.57. The maximum atomic E-state index is 10.5. The van der Waals surface area contributed by atoms with Crippen molar-refractivity contribution in [3.63, 3.8) is 0 Å². The Morgan fingerprint density at radius 3 is 2.33 bits per heavy atom. The summed E-state index contributed by atoms with van der Waals surface area (Å²) in [5.41, 5.74) is 5.25. The predicted molar refractivity (Wildman–Crippen MR) is 51.4 cm³/mol. The van der Waals surface area contributed by atoms with Crippen molar-refractivity contribution in [2.45, 2.75) is 6.92 Å². The Labute approximate surface area is 72.8 Å². The lowest BCUT2D eigenvalue weighted by molar-refractivity contribution is -0.114. The van der Waals surface area contributed by atoms with Gasteiger partial charge in [-0.15, -0.1) is 0 Å². The van der Waals surface area contributed by atoms with E-state index < -0.39 is 5.91 Å². The SMILES string of the molecule is C=C(C=CC=CC=CC)C(N)=O. The molecule has 0 aromatic carbocycles. The highest BCUT2D eigenvalue weighted by Gasteiger charge is 1.92. The van der Waals surface area contributed by atoms with Crippen LogP contribution in [0.5, 0.6) is 0 Å². The van der Waals surface area contributed by atoms with Crippen LogP contribution in [0.25, 0.3) is 0 Å². The first kappa shape index (κ1) is 10.4. The first-order valence-corrected chi connectivity index (χ1v) is 3.63. The zero-order valence-electron chi connectivity index (χ0n) is 7.16. The molecule has 0 aromatic rings. The fourth-order valence-electron chi connectivity index (χ4n) is 0.493. The van der Waals surface area contributed by atoms with Gasteiger partial charge >= 0.3 is 0 Å². The summed E-state index contributed by atoms with van der Waals surface area (Å²) in [6.45, 7) is 5.39. The highest BCUT2D eigenvalue weighted by Crippen LogP contribution is 1.90. The standard InChI is InChI=1S/C10H13NO/c1-3-4-5-6-7-8-9(2)10(11)12/h3-8H,2H2,1H3,(H2,11,12). The number of primary amides is 1. The van der Waals surface area contributed by atoms with E-state index in [4.69, 9.17) is 5.73 Å². The van der Waals surface area contributed by atoms with Gasteiger partial charge in [0.25, 0.3) is 0 Å². The van der Waals surface area contributed by atoms with Crippen LogP contribution in [0.2, 0.25) is 0 Å². The van der Waals surface area contributed by atoms with Crippen molar-refractivity contribution in [2.24, 2.45) is 5.73 Å². The van der Waals surface area contributed by atoms with Crippen molar-refractivity contribution < 1.29 is 4.79 Å². The maximum Gasteiger partial charge on any atom is 0.248 e. The average Bonchev–Trinajstić information content (AvgIpc) is 2.03. The van der Waals surface area contributed by atoms with Gasteiger partial charge in [0.05, 0.1) is 0 Å². The van der Waals surface area contributed by atoms with Crippen molar-refractivity contribution in [3.8, 4) is 0 Å². The minimum Gasteiger partial charge on any atom is -0.366 e. The lowest BCUT2D eigenvalue weighted by atomic mass is 10.2. The van der Waals surface area contributed by atoms with Crippen LogP contribution in [0.4, 0.5) is 0 Å². The van der Waals surface area contributed by atoms with Gasteiger partial charge in [-0.2, -0.15) is 0 Å². The molecule has 2 heteroatoms. The van der Waals surface area contributed by atoms with Crippen LogP contribution in [0.3, 0.4) is 0 Å². The van der Waals surface area contributed by atoms with Gasteiger partial charge in [-0.1, -0.05) is 43.0 Å². The first-order chi connectivity index (χ1) is 5.68. The monoisotopic (exact) mass is 163 g/mol. The van der Waals surface area contributed by atoms with E-state index in [0.29, 0.717) is 5.57 Å². The third kappa shape index (κ3) is 5.23. The number of carbonyl (C=O) groups excluding carboxylic acids is 1. The zero-order valence-corrected chi connectivity index (χ0v) is 7.16. The Balaban J connectivity index is 3.92. The molecule has 0 saturated carbocycles. The molecule has 0 unspecified atom stereocenters. The highest BCUT2D eigenvalue weighted by atomic mass is 16.1. The van der Waals surface area contributed by atoms with Crippen LogP contribution in [0, 0.1) is 0 Å². The Morgan fingerprint density at radius 1 is 1.25 bits per heavy atom. The molecule has 64 valence electrons. The summed E-state index contributed by atoms with van der Waals surface area (Å²) in [6, 6.07) is 0. The molecule has 0 saturated heterocycles. The number of amides is 1. The predicted octanol–water partition coefficient (Wildman–Crippen LogP) is 1.72. The molecular formula is C10H13NO. The van der Waals surface area contributed by atoms with Crippen LogP contribution >= 0.6 is 0 Å². The largest absolute Gasteiger partial charge is 0.366 e.